The monoisotopic (exact) mass is 404 g/mol. The number of hydrogen-bond acceptors (Lipinski definition) is 3. The highest BCUT2D eigenvalue weighted by Crippen LogP contribution is 2.43. The van der Waals surface area contributed by atoms with Crippen molar-refractivity contribution in [2.45, 2.75) is 64.1 Å². The number of nitrogens with zero attached hydrogens (tertiary/aromatic N) is 1. The Balaban J connectivity index is 1.96. The zero-order valence-electron chi connectivity index (χ0n) is 15.3. The average Bonchev–Trinajstić information content (AvgIpc) is 2.78. The molecule has 1 aromatic heterocycles. The number of ether oxygens (including phenoxy) is 1. The maximum absolute atomic E-state index is 13.0. The Morgan fingerprint density at radius 2 is 2.08 bits per heavy atom. The number of aromatic nitrogens is 1. The van der Waals surface area contributed by atoms with E-state index in [9.17, 15) is 4.79 Å². The molecule has 2 unspecified atom stereocenters. The maximum atomic E-state index is 13.0. The van der Waals surface area contributed by atoms with Crippen LogP contribution in [0.3, 0.4) is 0 Å². The zero-order valence-corrected chi connectivity index (χ0v) is 16.9. The molecule has 2 aliphatic heterocycles. The number of piperidine rings is 1. The smallest absolute Gasteiger partial charge is 0.340 e. The van der Waals surface area contributed by atoms with Crippen LogP contribution < -0.4 is 5.32 Å². The summed E-state index contributed by atoms with van der Waals surface area (Å²) in [5.41, 5.74) is 3.93. The highest BCUT2D eigenvalue weighted by molar-refractivity contribution is 9.10. The molecule has 4 nitrogen and oxygen atoms in total. The number of halogens is 1. The van der Waals surface area contributed by atoms with Gasteiger partial charge in [-0.25, -0.2) is 4.79 Å². The largest absolute Gasteiger partial charge is 0.456 e. The second-order valence-corrected chi connectivity index (χ2v) is 9.14. The fourth-order valence-corrected chi connectivity index (χ4v) is 4.87. The highest BCUT2D eigenvalue weighted by Gasteiger charge is 2.36. The number of nitrogens with one attached hydrogen (secondary N) is 1. The molecule has 5 heteroatoms. The van der Waals surface area contributed by atoms with Gasteiger partial charge in [-0.15, -0.1) is 0 Å². The van der Waals surface area contributed by atoms with Gasteiger partial charge in [-0.05, 0) is 73.7 Å². The Labute approximate surface area is 157 Å². The van der Waals surface area contributed by atoms with Gasteiger partial charge in [-0.3, -0.25) is 0 Å². The van der Waals surface area contributed by atoms with Crippen LogP contribution in [0.1, 0.15) is 67.7 Å². The molecular formula is C20H25BrN2O2. The standard InChI is InChI=1S/C20H25BrN2O2/c1-20(2,3)25-19(24)16-12(21)8-9-14-18(16)17-13-7-5-6-11(22-13)10-15(17)23(14)4/h8-9,11,13,22H,5-7,10H2,1-4H3. The van der Waals surface area contributed by atoms with Crippen molar-refractivity contribution in [3.63, 3.8) is 0 Å². The summed E-state index contributed by atoms with van der Waals surface area (Å²) in [5.74, 6) is -0.253. The van der Waals surface area contributed by atoms with E-state index in [2.05, 4.69) is 38.9 Å². The fourth-order valence-electron chi connectivity index (χ4n) is 4.38. The van der Waals surface area contributed by atoms with Crippen LogP contribution >= 0.6 is 15.9 Å². The summed E-state index contributed by atoms with van der Waals surface area (Å²) in [5, 5.41) is 4.82. The second-order valence-electron chi connectivity index (χ2n) is 8.29. The number of carbonyl (C=O) groups excluding carboxylic acids is 1. The molecule has 134 valence electrons. The molecule has 1 fully saturated rings. The average molecular weight is 405 g/mol. The van der Waals surface area contributed by atoms with Crippen molar-refractivity contribution in [3.05, 3.63) is 33.4 Å². The SMILES string of the molecule is Cn1c2c(c3c(C(=O)OC(C)(C)C)c(Br)ccc31)C1CCCC(C2)N1. The van der Waals surface area contributed by atoms with Crippen LogP contribution in [0.25, 0.3) is 10.9 Å². The molecule has 2 bridgehead atoms. The Morgan fingerprint density at radius 3 is 2.80 bits per heavy atom. The van der Waals surface area contributed by atoms with Crippen molar-refractivity contribution in [1.29, 1.82) is 0 Å². The number of fused-ring (bicyclic) bond motifs is 6. The summed E-state index contributed by atoms with van der Waals surface area (Å²) in [6, 6.07) is 4.96. The van der Waals surface area contributed by atoms with Gasteiger partial charge in [0.05, 0.1) is 5.56 Å². The normalized spacial score (nSPS) is 22.8. The highest BCUT2D eigenvalue weighted by atomic mass is 79.9. The van der Waals surface area contributed by atoms with Gasteiger partial charge in [0.2, 0.25) is 0 Å². The minimum atomic E-state index is -0.512. The molecule has 2 aromatic rings. The van der Waals surface area contributed by atoms with Gasteiger partial charge in [-0.1, -0.05) is 0 Å². The third-order valence-electron chi connectivity index (χ3n) is 5.35. The molecule has 1 aromatic carbocycles. The van der Waals surface area contributed by atoms with E-state index in [-0.39, 0.29) is 5.97 Å². The number of aryl methyl sites for hydroxylation is 1. The van der Waals surface area contributed by atoms with Crippen molar-refractivity contribution in [2.24, 2.45) is 7.05 Å². The van der Waals surface area contributed by atoms with E-state index in [0.717, 1.165) is 28.2 Å². The van der Waals surface area contributed by atoms with Crippen LogP contribution in [0.2, 0.25) is 0 Å². The van der Waals surface area contributed by atoms with Gasteiger partial charge < -0.3 is 14.6 Å². The lowest BCUT2D eigenvalue weighted by Gasteiger charge is -2.37. The van der Waals surface area contributed by atoms with Gasteiger partial charge >= 0.3 is 5.97 Å². The summed E-state index contributed by atoms with van der Waals surface area (Å²) in [4.78, 5) is 13.0. The predicted molar refractivity (Wildman–Crippen MR) is 103 cm³/mol. The van der Waals surface area contributed by atoms with Crippen LogP contribution in [0.15, 0.2) is 16.6 Å². The molecule has 1 saturated heterocycles. The van der Waals surface area contributed by atoms with E-state index < -0.39 is 5.60 Å². The van der Waals surface area contributed by atoms with E-state index in [0.29, 0.717) is 17.6 Å². The minimum Gasteiger partial charge on any atom is -0.456 e. The summed E-state index contributed by atoms with van der Waals surface area (Å²) in [6.45, 7) is 5.73. The van der Waals surface area contributed by atoms with Crippen molar-refractivity contribution in [3.8, 4) is 0 Å². The van der Waals surface area contributed by atoms with Crippen LogP contribution in [-0.2, 0) is 18.2 Å². The van der Waals surface area contributed by atoms with E-state index >= 15 is 0 Å². The lowest BCUT2D eigenvalue weighted by atomic mass is 9.83. The summed E-state index contributed by atoms with van der Waals surface area (Å²) in [7, 11) is 2.12. The lowest BCUT2D eigenvalue weighted by molar-refractivity contribution is 0.00707. The Bertz CT molecular complexity index is 863. The van der Waals surface area contributed by atoms with Gasteiger partial charge in [0, 0.05) is 46.6 Å². The number of hydrogen-bond donors (Lipinski definition) is 1. The quantitative estimate of drug-likeness (QED) is 0.704. The summed E-state index contributed by atoms with van der Waals surface area (Å²) < 4.78 is 8.80. The van der Waals surface area contributed by atoms with Gasteiger partial charge in [-0.2, -0.15) is 0 Å². The van der Waals surface area contributed by atoms with Gasteiger partial charge in [0.1, 0.15) is 5.60 Å². The first-order valence-corrected chi connectivity index (χ1v) is 9.84. The molecule has 0 aliphatic carbocycles. The topological polar surface area (TPSA) is 43.3 Å². The number of esters is 1. The van der Waals surface area contributed by atoms with Crippen LogP contribution in [0.5, 0.6) is 0 Å². The molecule has 0 saturated carbocycles. The third-order valence-corrected chi connectivity index (χ3v) is 6.01. The van der Waals surface area contributed by atoms with E-state index in [1.165, 1.54) is 24.1 Å². The first kappa shape index (κ1) is 17.1. The van der Waals surface area contributed by atoms with Gasteiger partial charge in [0.15, 0.2) is 0 Å². The molecule has 4 rings (SSSR count). The van der Waals surface area contributed by atoms with Crippen molar-refractivity contribution >= 4 is 32.8 Å². The predicted octanol–water partition coefficient (Wildman–Crippen LogP) is 4.64. The molecule has 3 heterocycles. The maximum Gasteiger partial charge on any atom is 0.340 e. The lowest BCUT2D eigenvalue weighted by Crippen LogP contribution is -2.43. The molecule has 0 spiro atoms. The van der Waals surface area contributed by atoms with E-state index in [1.807, 2.05) is 26.8 Å². The molecule has 0 amide bonds. The van der Waals surface area contributed by atoms with E-state index in [4.69, 9.17) is 4.74 Å². The molecule has 1 N–H and O–H groups in total. The van der Waals surface area contributed by atoms with Crippen LogP contribution in [0, 0.1) is 0 Å². The summed E-state index contributed by atoms with van der Waals surface area (Å²) in [6.07, 6.45) is 4.64. The van der Waals surface area contributed by atoms with Crippen LogP contribution in [-0.4, -0.2) is 22.2 Å². The Morgan fingerprint density at radius 1 is 1.32 bits per heavy atom. The minimum absolute atomic E-state index is 0.253. The van der Waals surface area contributed by atoms with Crippen LogP contribution in [0.4, 0.5) is 0 Å². The molecule has 2 aliphatic rings. The number of rotatable bonds is 1. The first-order valence-electron chi connectivity index (χ1n) is 9.05. The van der Waals surface area contributed by atoms with Crippen molar-refractivity contribution in [2.75, 3.05) is 0 Å². The first-order chi connectivity index (χ1) is 11.8. The Hall–Kier alpha value is -1.33. The third kappa shape index (κ3) is 2.81. The molecule has 25 heavy (non-hydrogen) atoms. The van der Waals surface area contributed by atoms with Gasteiger partial charge in [0.25, 0.3) is 0 Å². The molecule has 2 atom stereocenters. The zero-order chi connectivity index (χ0) is 17.9. The Kier molecular flexibility index (Phi) is 4.00. The molecular weight excluding hydrogens is 380 g/mol. The second kappa shape index (κ2) is 5.85. The van der Waals surface area contributed by atoms with E-state index in [1.54, 1.807) is 0 Å². The van der Waals surface area contributed by atoms with Crippen molar-refractivity contribution in [1.82, 2.24) is 9.88 Å². The number of carbonyl (C=O) groups is 1. The van der Waals surface area contributed by atoms with Crippen molar-refractivity contribution < 1.29 is 9.53 Å². The number of benzene rings is 1. The summed E-state index contributed by atoms with van der Waals surface area (Å²) >= 11 is 3.60. The fraction of sp³-hybridized carbons (Fsp3) is 0.550. The molecule has 0 radical (unpaired) electrons.